The third kappa shape index (κ3) is 3.78. The van der Waals surface area contributed by atoms with Crippen molar-refractivity contribution in [3.63, 3.8) is 0 Å². The summed E-state index contributed by atoms with van der Waals surface area (Å²) in [4.78, 5) is 13.9. The second-order valence-corrected chi connectivity index (χ2v) is 7.01. The Labute approximate surface area is 118 Å². The number of nitrogens with one attached hydrogen (secondary N) is 1. The number of hydrogen-bond donors (Lipinski definition) is 1. The largest absolute Gasteiger partial charge is 0.456 e. The summed E-state index contributed by atoms with van der Waals surface area (Å²) in [6.07, 6.45) is 0. The summed E-state index contributed by atoms with van der Waals surface area (Å²) in [5.41, 5.74) is 1.05. The first kappa shape index (κ1) is 15.1. The van der Waals surface area contributed by atoms with Gasteiger partial charge in [0.25, 0.3) is 0 Å². The molecule has 0 aliphatic rings. The van der Waals surface area contributed by atoms with Gasteiger partial charge >= 0.3 is 5.97 Å². The topological polar surface area (TPSA) is 38.3 Å². The van der Waals surface area contributed by atoms with Crippen LogP contribution in [0.3, 0.4) is 0 Å². The Morgan fingerprint density at radius 3 is 2.33 bits per heavy atom. The van der Waals surface area contributed by atoms with E-state index in [4.69, 9.17) is 17.0 Å². The van der Waals surface area contributed by atoms with Gasteiger partial charge in [-0.1, -0.05) is 12.2 Å². The van der Waals surface area contributed by atoms with Crippen molar-refractivity contribution in [2.24, 2.45) is 0 Å². The van der Waals surface area contributed by atoms with Gasteiger partial charge in [-0.05, 0) is 47.1 Å². The molecule has 3 nitrogen and oxygen atoms in total. The maximum Gasteiger partial charge on any atom is 0.341 e. The first-order chi connectivity index (χ1) is 8.11. The van der Waals surface area contributed by atoms with Crippen molar-refractivity contribution in [3.8, 4) is 0 Å². The monoisotopic (exact) mass is 285 g/mol. The molecule has 1 N–H and O–H groups in total. The summed E-state index contributed by atoms with van der Waals surface area (Å²) < 4.78 is 5.42. The minimum absolute atomic E-state index is 0.303. The molecule has 0 amide bonds. The molecule has 0 spiro atoms. The van der Waals surface area contributed by atoms with E-state index >= 15 is 0 Å². The van der Waals surface area contributed by atoms with E-state index in [9.17, 15) is 4.79 Å². The maximum atomic E-state index is 12.2. The number of thiophene rings is 1. The van der Waals surface area contributed by atoms with Crippen molar-refractivity contribution < 1.29 is 9.53 Å². The summed E-state index contributed by atoms with van der Waals surface area (Å²) in [5.74, 6) is -0.303. The highest BCUT2D eigenvalue weighted by molar-refractivity contribution is 7.80. The van der Waals surface area contributed by atoms with Gasteiger partial charge < -0.3 is 10.1 Å². The lowest BCUT2D eigenvalue weighted by molar-refractivity contribution is 0.00705. The van der Waals surface area contributed by atoms with Crippen LogP contribution in [-0.4, -0.2) is 16.6 Å². The van der Waals surface area contributed by atoms with Crippen LogP contribution in [0.1, 0.15) is 48.5 Å². The minimum atomic E-state index is -0.497. The number of carbonyl (C=O) groups excluding carboxylic acids is 1. The molecular formula is C13H19NO2S2. The fraction of sp³-hybridized carbons (Fsp3) is 0.538. The fourth-order valence-corrected chi connectivity index (χ4v) is 2.72. The van der Waals surface area contributed by atoms with Crippen molar-refractivity contribution in [3.05, 3.63) is 16.0 Å². The molecule has 1 rings (SSSR count). The SMILES string of the molecule is CC(=S)Nc1sc(C)c(C)c1C(=O)OC(C)(C)C. The van der Waals surface area contributed by atoms with E-state index in [0.29, 0.717) is 10.6 Å². The Kier molecular flexibility index (Phi) is 4.50. The zero-order chi connectivity index (χ0) is 14.1. The van der Waals surface area contributed by atoms with Gasteiger partial charge in [-0.2, -0.15) is 0 Å². The first-order valence-corrected chi connectivity index (χ1v) is 6.95. The molecule has 0 fully saturated rings. The molecule has 0 radical (unpaired) electrons. The van der Waals surface area contributed by atoms with Crippen LogP contribution in [0.25, 0.3) is 0 Å². The summed E-state index contributed by atoms with van der Waals surface area (Å²) in [6, 6.07) is 0. The lowest BCUT2D eigenvalue weighted by Crippen LogP contribution is -2.24. The third-order valence-electron chi connectivity index (χ3n) is 2.28. The smallest absolute Gasteiger partial charge is 0.341 e. The van der Waals surface area contributed by atoms with Gasteiger partial charge in [-0.3, -0.25) is 0 Å². The van der Waals surface area contributed by atoms with Crippen LogP contribution in [0.4, 0.5) is 5.00 Å². The number of hydrogen-bond acceptors (Lipinski definition) is 4. The normalized spacial score (nSPS) is 11.2. The average molecular weight is 285 g/mol. The van der Waals surface area contributed by atoms with Crippen LogP contribution in [0.5, 0.6) is 0 Å². The van der Waals surface area contributed by atoms with Gasteiger partial charge in [0.2, 0.25) is 0 Å². The number of anilines is 1. The molecule has 1 heterocycles. The molecule has 0 saturated carbocycles. The van der Waals surface area contributed by atoms with Crippen LogP contribution in [0, 0.1) is 13.8 Å². The third-order valence-corrected chi connectivity index (χ3v) is 3.50. The van der Waals surface area contributed by atoms with E-state index in [1.54, 1.807) is 6.92 Å². The van der Waals surface area contributed by atoms with E-state index in [2.05, 4.69) is 5.32 Å². The number of ether oxygens (including phenoxy) is 1. The van der Waals surface area contributed by atoms with Gasteiger partial charge in [0.05, 0.1) is 10.6 Å². The highest BCUT2D eigenvalue weighted by Crippen LogP contribution is 2.33. The van der Waals surface area contributed by atoms with Crippen LogP contribution >= 0.6 is 23.6 Å². The molecule has 0 bridgehead atoms. The molecule has 18 heavy (non-hydrogen) atoms. The average Bonchev–Trinajstić information content (AvgIpc) is 2.38. The predicted molar refractivity (Wildman–Crippen MR) is 80.9 cm³/mol. The molecule has 0 atom stereocenters. The van der Waals surface area contributed by atoms with Crippen molar-refractivity contribution in [1.82, 2.24) is 0 Å². The van der Waals surface area contributed by atoms with Gasteiger partial charge in [0.1, 0.15) is 10.6 Å². The summed E-state index contributed by atoms with van der Waals surface area (Å²) >= 11 is 6.55. The number of esters is 1. The molecule has 0 aromatic carbocycles. The summed E-state index contributed by atoms with van der Waals surface area (Å²) in [7, 11) is 0. The Morgan fingerprint density at radius 2 is 1.89 bits per heavy atom. The first-order valence-electron chi connectivity index (χ1n) is 5.72. The molecule has 1 aromatic heterocycles. The molecule has 0 saturated heterocycles. The fourth-order valence-electron chi connectivity index (χ4n) is 1.45. The molecule has 0 unspecified atom stereocenters. The predicted octanol–water partition coefficient (Wildman–Crippen LogP) is 4.08. The number of thiocarbonyl (C=S) groups is 1. The second-order valence-electron chi connectivity index (χ2n) is 5.17. The Hall–Kier alpha value is -0.940. The molecule has 0 aliphatic carbocycles. The Balaban J connectivity index is 3.13. The maximum absolute atomic E-state index is 12.2. The van der Waals surface area contributed by atoms with E-state index in [0.717, 1.165) is 15.4 Å². The van der Waals surface area contributed by atoms with Crippen LogP contribution < -0.4 is 5.32 Å². The van der Waals surface area contributed by atoms with Gasteiger partial charge in [-0.25, -0.2) is 4.79 Å². The van der Waals surface area contributed by atoms with Gasteiger partial charge in [-0.15, -0.1) is 11.3 Å². The Bertz CT molecular complexity index is 484. The van der Waals surface area contributed by atoms with Crippen molar-refractivity contribution >= 4 is 39.5 Å². The van der Waals surface area contributed by atoms with E-state index in [1.165, 1.54) is 11.3 Å². The van der Waals surface area contributed by atoms with Gasteiger partial charge in [0.15, 0.2) is 0 Å². The highest BCUT2D eigenvalue weighted by Gasteiger charge is 2.25. The number of carbonyl (C=O) groups is 1. The molecule has 1 aromatic rings. The summed E-state index contributed by atoms with van der Waals surface area (Å²) in [5, 5.41) is 3.82. The van der Waals surface area contributed by atoms with Gasteiger partial charge in [0, 0.05) is 4.88 Å². The van der Waals surface area contributed by atoms with Crippen molar-refractivity contribution in [2.75, 3.05) is 5.32 Å². The number of aryl methyl sites for hydroxylation is 1. The summed E-state index contributed by atoms with van der Waals surface area (Å²) in [6.45, 7) is 11.3. The Morgan fingerprint density at radius 1 is 1.33 bits per heavy atom. The lowest BCUT2D eigenvalue weighted by atomic mass is 10.1. The van der Waals surface area contributed by atoms with Crippen LogP contribution in [-0.2, 0) is 4.74 Å². The van der Waals surface area contributed by atoms with Crippen molar-refractivity contribution in [1.29, 1.82) is 0 Å². The van der Waals surface area contributed by atoms with Crippen molar-refractivity contribution in [2.45, 2.75) is 47.1 Å². The molecule has 0 aliphatic heterocycles. The second kappa shape index (κ2) is 5.36. The molecule has 5 heteroatoms. The highest BCUT2D eigenvalue weighted by atomic mass is 32.1. The quantitative estimate of drug-likeness (QED) is 0.656. The zero-order valence-corrected chi connectivity index (χ0v) is 13.3. The molecule has 100 valence electrons. The zero-order valence-electron chi connectivity index (χ0n) is 11.6. The standard InChI is InChI=1S/C13H19NO2S2/c1-7-8(2)18-11(14-9(3)17)10(7)12(15)16-13(4,5)6/h1-6H3,(H,14,17). The number of rotatable bonds is 2. The van der Waals surface area contributed by atoms with Crippen LogP contribution in [0.15, 0.2) is 0 Å². The van der Waals surface area contributed by atoms with E-state index in [1.807, 2.05) is 34.6 Å². The van der Waals surface area contributed by atoms with Crippen LogP contribution in [0.2, 0.25) is 0 Å². The van der Waals surface area contributed by atoms with E-state index < -0.39 is 5.60 Å². The molecular weight excluding hydrogens is 266 g/mol. The lowest BCUT2D eigenvalue weighted by Gasteiger charge is -2.20. The van der Waals surface area contributed by atoms with E-state index in [-0.39, 0.29) is 5.97 Å². The minimum Gasteiger partial charge on any atom is -0.456 e.